The largest absolute Gasteiger partial charge is 0.369 e. The number of pyridine rings is 1. The first-order valence-corrected chi connectivity index (χ1v) is 11.8. The van der Waals surface area contributed by atoms with Crippen LogP contribution in [-0.4, -0.2) is 24.0 Å². The lowest BCUT2D eigenvalue weighted by atomic mass is 9.49. The number of anilines is 1. The number of carbonyl (C=O) groups is 1. The lowest BCUT2D eigenvalue weighted by Gasteiger charge is -2.55. The van der Waals surface area contributed by atoms with Crippen LogP contribution in [0.5, 0.6) is 0 Å². The summed E-state index contributed by atoms with van der Waals surface area (Å²) in [6, 6.07) is 8.36. The molecule has 1 amide bonds. The number of amides is 1. The molecule has 6 rings (SSSR count). The van der Waals surface area contributed by atoms with Gasteiger partial charge in [0.25, 0.3) is 0 Å². The number of hydrogen-bond donors (Lipinski definition) is 2. The van der Waals surface area contributed by atoms with E-state index in [1.54, 1.807) is 0 Å². The zero-order valence-electron chi connectivity index (χ0n) is 18.6. The fourth-order valence-electron chi connectivity index (χ4n) is 6.92. The predicted molar refractivity (Wildman–Crippen MR) is 123 cm³/mol. The Balaban J connectivity index is 1.17. The average Bonchev–Trinajstić information content (AvgIpc) is 2.71. The van der Waals surface area contributed by atoms with Crippen LogP contribution in [0.2, 0.25) is 0 Å². The molecule has 0 spiro atoms. The number of hydrogen-bond acceptors (Lipinski definition) is 4. The summed E-state index contributed by atoms with van der Waals surface area (Å²) in [6.45, 7) is 5.46. The third-order valence-electron chi connectivity index (χ3n) is 7.86. The molecule has 4 aliphatic carbocycles. The number of fused-ring (bicyclic) bond motifs is 1. The molecule has 5 nitrogen and oxygen atoms in total. The summed E-state index contributed by atoms with van der Waals surface area (Å²) in [4.78, 5) is 17.8. The van der Waals surface area contributed by atoms with Gasteiger partial charge in [0.1, 0.15) is 11.9 Å². The van der Waals surface area contributed by atoms with Gasteiger partial charge in [-0.15, -0.1) is 0 Å². The smallest absolute Gasteiger partial charge is 0.226 e. The van der Waals surface area contributed by atoms with Gasteiger partial charge in [-0.2, -0.15) is 5.26 Å². The SMILES string of the molecule is Cc1cc(C)c2cc(C#N)c(NCCCNC(=O)C34CC5CC(CC(C5)C3)C4)nc2c1. The van der Waals surface area contributed by atoms with E-state index in [2.05, 4.69) is 42.7 Å². The second kappa shape index (κ2) is 7.82. The van der Waals surface area contributed by atoms with Crippen molar-refractivity contribution in [3.8, 4) is 6.07 Å². The number of aryl methyl sites for hydroxylation is 2. The van der Waals surface area contributed by atoms with E-state index in [0.29, 0.717) is 30.4 Å². The van der Waals surface area contributed by atoms with Gasteiger partial charge in [0.2, 0.25) is 5.91 Å². The van der Waals surface area contributed by atoms with Crippen LogP contribution in [-0.2, 0) is 4.79 Å². The first-order valence-electron chi connectivity index (χ1n) is 11.8. The highest BCUT2D eigenvalue weighted by atomic mass is 16.2. The first-order chi connectivity index (χ1) is 15.0. The molecular weight excluding hydrogens is 384 g/mol. The van der Waals surface area contributed by atoms with Gasteiger partial charge in [0.05, 0.1) is 11.1 Å². The molecule has 4 aliphatic rings. The molecule has 0 radical (unpaired) electrons. The second-order valence-corrected chi connectivity index (χ2v) is 10.4. The van der Waals surface area contributed by atoms with Gasteiger partial charge in [0.15, 0.2) is 0 Å². The van der Waals surface area contributed by atoms with Crippen molar-refractivity contribution in [3.63, 3.8) is 0 Å². The summed E-state index contributed by atoms with van der Waals surface area (Å²) >= 11 is 0. The van der Waals surface area contributed by atoms with Gasteiger partial charge in [-0.3, -0.25) is 4.79 Å². The summed E-state index contributed by atoms with van der Waals surface area (Å²) in [5, 5.41) is 17.1. The van der Waals surface area contributed by atoms with E-state index >= 15 is 0 Å². The Kier molecular flexibility index (Phi) is 5.12. The van der Waals surface area contributed by atoms with Crippen molar-refractivity contribution < 1.29 is 4.79 Å². The zero-order valence-corrected chi connectivity index (χ0v) is 18.6. The first kappa shape index (κ1) is 20.3. The maximum absolute atomic E-state index is 13.1. The summed E-state index contributed by atoms with van der Waals surface area (Å²) in [5.41, 5.74) is 3.70. The van der Waals surface area contributed by atoms with E-state index in [1.165, 1.54) is 24.8 Å². The summed E-state index contributed by atoms with van der Waals surface area (Å²) < 4.78 is 0. The number of rotatable bonds is 6. The van der Waals surface area contributed by atoms with Crippen LogP contribution in [0.25, 0.3) is 10.9 Å². The molecule has 0 unspecified atom stereocenters. The van der Waals surface area contributed by atoms with Crippen molar-refractivity contribution in [2.75, 3.05) is 18.4 Å². The maximum atomic E-state index is 13.1. The molecule has 1 aromatic heterocycles. The molecule has 4 bridgehead atoms. The van der Waals surface area contributed by atoms with Crippen molar-refractivity contribution in [1.29, 1.82) is 5.26 Å². The van der Waals surface area contributed by atoms with Crippen molar-refractivity contribution >= 4 is 22.6 Å². The van der Waals surface area contributed by atoms with Crippen LogP contribution in [0.15, 0.2) is 18.2 Å². The summed E-state index contributed by atoms with van der Waals surface area (Å²) in [7, 11) is 0. The monoisotopic (exact) mass is 416 g/mol. The Labute approximate surface area is 184 Å². The normalized spacial score (nSPS) is 28.5. The lowest BCUT2D eigenvalue weighted by Crippen LogP contribution is -2.53. The van der Waals surface area contributed by atoms with E-state index < -0.39 is 0 Å². The van der Waals surface area contributed by atoms with Crippen LogP contribution in [0, 0.1) is 48.3 Å². The quantitative estimate of drug-likeness (QED) is 0.660. The Hall–Kier alpha value is -2.61. The molecule has 1 heterocycles. The highest BCUT2D eigenvalue weighted by Crippen LogP contribution is 2.60. The van der Waals surface area contributed by atoms with E-state index in [9.17, 15) is 10.1 Å². The number of aromatic nitrogens is 1. The van der Waals surface area contributed by atoms with Crippen LogP contribution >= 0.6 is 0 Å². The van der Waals surface area contributed by atoms with Gasteiger partial charge < -0.3 is 10.6 Å². The van der Waals surface area contributed by atoms with Crippen molar-refractivity contribution in [2.24, 2.45) is 23.2 Å². The molecule has 0 aliphatic heterocycles. The van der Waals surface area contributed by atoms with Gasteiger partial charge in [-0.05, 0) is 99.8 Å². The van der Waals surface area contributed by atoms with Gasteiger partial charge >= 0.3 is 0 Å². The molecule has 2 N–H and O–H groups in total. The second-order valence-electron chi connectivity index (χ2n) is 10.4. The number of nitrogens with one attached hydrogen (secondary N) is 2. The number of carbonyl (C=O) groups excluding carboxylic acids is 1. The van der Waals surface area contributed by atoms with Crippen LogP contribution in [0.3, 0.4) is 0 Å². The minimum absolute atomic E-state index is 0.0776. The standard InChI is InChI=1S/C26H32N4O/c1-16-6-17(2)22-11-21(15-27)24(30-23(22)7-16)28-4-3-5-29-25(31)26-12-18-8-19(13-26)10-20(9-18)14-26/h6-7,11,18-20H,3-5,8-10,12-14H2,1-2H3,(H,28,30)(H,29,31). The third kappa shape index (κ3) is 3.78. The van der Waals surface area contributed by atoms with Crippen molar-refractivity contribution in [2.45, 2.75) is 58.8 Å². The minimum atomic E-state index is -0.0776. The highest BCUT2D eigenvalue weighted by molar-refractivity contribution is 5.86. The zero-order chi connectivity index (χ0) is 21.6. The van der Waals surface area contributed by atoms with Gasteiger partial charge in [-0.25, -0.2) is 4.98 Å². The number of nitrogens with zero attached hydrogens (tertiary/aromatic N) is 2. The number of benzene rings is 1. The molecule has 5 heteroatoms. The van der Waals surface area contributed by atoms with Gasteiger partial charge in [0, 0.05) is 23.9 Å². The van der Waals surface area contributed by atoms with Crippen molar-refractivity contribution in [3.05, 3.63) is 34.9 Å². The molecular formula is C26H32N4O. The molecule has 1 aromatic carbocycles. The van der Waals surface area contributed by atoms with Crippen LogP contribution < -0.4 is 10.6 Å². The fourth-order valence-corrected chi connectivity index (χ4v) is 6.92. The predicted octanol–water partition coefficient (Wildman–Crippen LogP) is 4.86. The number of nitriles is 1. The molecule has 0 saturated heterocycles. The molecule has 4 saturated carbocycles. The Morgan fingerprint density at radius 2 is 1.77 bits per heavy atom. The molecule has 162 valence electrons. The van der Waals surface area contributed by atoms with Crippen LogP contribution in [0.1, 0.15) is 61.6 Å². The topological polar surface area (TPSA) is 77.8 Å². The van der Waals surface area contributed by atoms with Gasteiger partial charge in [-0.1, -0.05) is 6.07 Å². The third-order valence-corrected chi connectivity index (χ3v) is 7.86. The minimum Gasteiger partial charge on any atom is -0.369 e. The van der Waals surface area contributed by atoms with E-state index in [0.717, 1.165) is 59.9 Å². The lowest BCUT2D eigenvalue weighted by molar-refractivity contribution is -0.146. The van der Waals surface area contributed by atoms with E-state index in [4.69, 9.17) is 4.98 Å². The fraction of sp³-hybridized carbons (Fsp3) is 0.577. The van der Waals surface area contributed by atoms with E-state index in [-0.39, 0.29) is 5.41 Å². The molecule has 2 aromatic rings. The molecule has 4 fully saturated rings. The Morgan fingerprint density at radius 1 is 1.10 bits per heavy atom. The van der Waals surface area contributed by atoms with E-state index in [1.807, 2.05) is 6.07 Å². The average molecular weight is 417 g/mol. The summed E-state index contributed by atoms with van der Waals surface area (Å²) in [6.07, 6.45) is 8.20. The highest BCUT2D eigenvalue weighted by Gasteiger charge is 2.54. The molecule has 31 heavy (non-hydrogen) atoms. The Morgan fingerprint density at radius 3 is 2.42 bits per heavy atom. The van der Waals surface area contributed by atoms with Crippen LogP contribution in [0.4, 0.5) is 5.82 Å². The maximum Gasteiger partial charge on any atom is 0.226 e. The Bertz CT molecular complexity index is 1030. The van der Waals surface area contributed by atoms with Crippen molar-refractivity contribution in [1.82, 2.24) is 10.3 Å². The molecule has 0 atom stereocenters. The summed E-state index contributed by atoms with van der Waals surface area (Å²) in [5.74, 6) is 3.28.